The van der Waals surface area contributed by atoms with Crippen LogP contribution in [0.5, 0.6) is 0 Å². The van der Waals surface area contributed by atoms with Crippen LogP contribution in [0.3, 0.4) is 0 Å². The fraction of sp³-hybridized carbons (Fsp3) is 0.0870. The molecule has 0 spiro atoms. The number of carbonyl (C=O) groups is 3. The van der Waals surface area contributed by atoms with Gasteiger partial charge in [-0.1, -0.05) is 42.5 Å². The summed E-state index contributed by atoms with van der Waals surface area (Å²) in [4.78, 5) is 39.8. The van der Waals surface area contributed by atoms with Crippen LogP contribution in [0.25, 0.3) is 0 Å². The highest BCUT2D eigenvalue weighted by molar-refractivity contribution is 6.23. The molecule has 3 aromatic rings. The molecule has 7 heteroatoms. The number of rotatable bonds is 5. The average molecular weight is 406 g/mol. The molecule has 3 amide bonds. The van der Waals surface area contributed by atoms with Crippen LogP contribution in [-0.4, -0.2) is 28.7 Å². The van der Waals surface area contributed by atoms with Crippen molar-refractivity contribution in [2.75, 3.05) is 5.32 Å². The number of hydrogen-bond acceptors (Lipinski definition) is 3. The maximum absolute atomic E-state index is 14.0. The number of hydrogen-bond donors (Lipinski definition) is 1. The molecule has 1 aliphatic rings. The summed E-state index contributed by atoms with van der Waals surface area (Å²) in [6.07, 6.45) is 0.0229. The molecule has 150 valence electrons. The molecule has 30 heavy (non-hydrogen) atoms. The molecular formula is C23H16F2N2O3. The van der Waals surface area contributed by atoms with Gasteiger partial charge in [0.1, 0.15) is 17.7 Å². The molecule has 0 aliphatic carbocycles. The van der Waals surface area contributed by atoms with Gasteiger partial charge in [-0.05, 0) is 29.8 Å². The minimum absolute atomic E-state index is 0.0229. The number of nitrogens with zero attached hydrogens (tertiary/aromatic N) is 1. The second-order valence-corrected chi connectivity index (χ2v) is 6.84. The Labute approximate surface area is 170 Å². The summed E-state index contributed by atoms with van der Waals surface area (Å²) < 4.78 is 27.6. The Balaban J connectivity index is 1.70. The van der Waals surface area contributed by atoms with Crippen LogP contribution in [0, 0.1) is 11.6 Å². The number of halogens is 2. The van der Waals surface area contributed by atoms with E-state index in [-0.39, 0.29) is 23.2 Å². The molecule has 0 radical (unpaired) electrons. The lowest BCUT2D eigenvalue weighted by molar-refractivity contribution is -0.120. The molecule has 0 fully saturated rings. The number of anilines is 1. The summed E-state index contributed by atoms with van der Waals surface area (Å²) in [6.45, 7) is 0. The summed E-state index contributed by atoms with van der Waals surface area (Å²) >= 11 is 0. The SMILES string of the molecule is O=C(Nc1cc(F)ccc1F)[C@@H](Cc1ccccc1)N1C(=O)c2ccccc2C1=O. The fourth-order valence-corrected chi connectivity index (χ4v) is 3.44. The Morgan fingerprint density at radius 2 is 1.47 bits per heavy atom. The molecule has 1 N–H and O–H groups in total. The van der Waals surface area contributed by atoms with Crippen LogP contribution in [0.4, 0.5) is 14.5 Å². The number of imide groups is 1. The lowest BCUT2D eigenvalue weighted by Gasteiger charge is -2.25. The van der Waals surface area contributed by atoms with Crippen LogP contribution in [0.1, 0.15) is 26.3 Å². The van der Waals surface area contributed by atoms with Crippen LogP contribution >= 0.6 is 0 Å². The van der Waals surface area contributed by atoms with Crippen LogP contribution < -0.4 is 5.32 Å². The second-order valence-electron chi connectivity index (χ2n) is 6.84. The zero-order chi connectivity index (χ0) is 21.3. The zero-order valence-corrected chi connectivity index (χ0v) is 15.6. The summed E-state index contributed by atoms with van der Waals surface area (Å²) in [5, 5.41) is 2.32. The van der Waals surface area contributed by atoms with Gasteiger partial charge in [0, 0.05) is 12.5 Å². The van der Waals surface area contributed by atoms with E-state index in [1.165, 1.54) is 12.1 Å². The third kappa shape index (κ3) is 3.57. The Kier molecular flexibility index (Phi) is 5.10. The monoisotopic (exact) mass is 406 g/mol. The standard InChI is InChI=1S/C23H16F2N2O3/c24-15-10-11-18(25)19(13-15)26-21(28)20(12-14-6-2-1-3-7-14)27-22(29)16-8-4-5-9-17(16)23(27)30/h1-11,13,20H,12H2,(H,26,28)/t20-/m1/s1. The lowest BCUT2D eigenvalue weighted by Crippen LogP contribution is -2.48. The molecular weight excluding hydrogens is 390 g/mol. The maximum Gasteiger partial charge on any atom is 0.262 e. The van der Waals surface area contributed by atoms with Crippen molar-refractivity contribution in [1.29, 1.82) is 0 Å². The zero-order valence-electron chi connectivity index (χ0n) is 15.6. The molecule has 0 aromatic heterocycles. The van der Waals surface area contributed by atoms with Gasteiger partial charge in [-0.15, -0.1) is 0 Å². The van der Waals surface area contributed by atoms with E-state index in [1.807, 2.05) is 0 Å². The van der Waals surface area contributed by atoms with E-state index in [4.69, 9.17) is 0 Å². The van der Waals surface area contributed by atoms with Gasteiger partial charge < -0.3 is 5.32 Å². The van der Waals surface area contributed by atoms with E-state index in [1.54, 1.807) is 42.5 Å². The second kappa shape index (κ2) is 7.87. The quantitative estimate of drug-likeness (QED) is 0.656. The van der Waals surface area contributed by atoms with Gasteiger partial charge in [-0.2, -0.15) is 0 Å². The normalized spacial score (nSPS) is 13.9. The lowest BCUT2D eigenvalue weighted by atomic mass is 10.0. The van der Waals surface area contributed by atoms with Crippen molar-refractivity contribution in [3.05, 3.63) is 101 Å². The number of nitrogens with one attached hydrogen (secondary N) is 1. The highest BCUT2D eigenvalue weighted by Crippen LogP contribution is 2.27. The molecule has 5 nitrogen and oxygen atoms in total. The van der Waals surface area contributed by atoms with Crippen molar-refractivity contribution in [2.24, 2.45) is 0 Å². The minimum Gasteiger partial charge on any atom is -0.322 e. The Morgan fingerprint density at radius 1 is 0.867 bits per heavy atom. The Bertz CT molecular complexity index is 1110. The topological polar surface area (TPSA) is 66.5 Å². The maximum atomic E-state index is 14.0. The van der Waals surface area contributed by atoms with Gasteiger partial charge in [0.25, 0.3) is 11.8 Å². The van der Waals surface area contributed by atoms with Gasteiger partial charge in [0.2, 0.25) is 5.91 Å². The van der Waals surface area contributed by atoms with Crippen molar-refractivity contribution in [3.8, 4) is 0 Å². The van der Waals surface area contributed by atoms with E-state index >= 15 is 0 Å². The first kappa shape index (κ1) is 19.4. The highest BCUT2D eigenvalue weighted by atomic mass is 19.1. The van der Waals surface area contributed by atoms with E-state index in [9.17, 15) is 23.2 Å². The van der Waals surface area contributed by atoms with E-state index in [2.05, 4.69) is 5.32 Å². The van der Waals surface area contributed by atoms with Gasteiger partial charge in [0.05, 0.1) is 16.8 Å². The van der Waals surface area contributed by atoms with E-state index in [0.717, 1.165) is 23.1 Å². The first-order valence-corrected chi connectivity index (χ1v) is 9.22. The van der Waals surface area contributed by atoms with Crippen molar-refractivity contribution >= 4 is 23.4 Å². The predicted octanol–water partition coefficient (Wildman–Crippen LogP) is 3.81. The molecule has 0 bridgehead atoms. The van der Waals surface area contributed by atoms with Crippen molar-refractivity contribution in [2.45, 2.75) is 12.5 Å². The van der Waals surface area contributed by atoms with Crippen molar-refractivity contribution < 1.29 is 23.2 Å². The molecule has 1 atom stereocenters. The molecule has 0 saturated carbocycles. The minimum atomic E-state index is -1.25. The fourth-order valence-electron chi connectivity index (χ4n) is 3.44. The first-order valence-electron chi connectivity index (χ1n) is 9.22. The average Bonchev–Trinajstić information content (AvgIpc) is 3.00. The summed E-state index contributed by atoms with van der Waals surface area (Å²) in [7, 11) is 0. The third-order valence-electron chi connectivity index (χ3n) is 4.90. The predicted molar refractivity (Wildman–Crippen MR) is 106 cm³/mol. The van der Waals surface area contributed by atoms with Gasteiger partial charge in [0.15, 0.2) is 0 Å². The molecule has 3 aromatic carbocycles. The van der Waals surface area contributed by atoms with E-state index < -0.39 is 35.4 Å². The number of fused-ring (bicyclic) bond motifs is 1. The number of carbonyl (C=O) groups excluding carboxylic acids is 3. The van der Waals surface area contributed by atoms with Crippen LogP contribution in [-0.2, 0) is 11.2 Å². The van der Waals surface area contributed by atoms with Crippen molar-refractivity contribution in [3.63, 3.8) is 0 Å². The largest absolute Gasteiger partial charge is 0.322 e. The molecule has 1 aliphatic heterocycles. The smallest absolute Gasteiger partial charge is 0.262 e. The Hall–Kier alpha value is -3.87. The van der Waals surface area contributed by atoms with Gasteiger partial charge >= 0.3 is 0 Å². The molecule has 0 unspecified atom stereocenters. The van der Waals surface area contributed by atoms with Crippen LogP contribution in [0.15, 0.2) is 72.8 Å². The summed E-state index contributed by atoms with van der Waals surface area (Å²) in [5.41, 5.74) is 0.735. The van der Waals surface area contributed by atoms with E-state index in [0.29, 0.717) is 5.56 Å². The third-order valence-corrected chi connectivity index (χ3v) is 4.90. The molecule has 4 rings (SSSR count). The molecule has 0 saturated heterocycles. The first-order chi connectivity index (χ1) is 14.5. The Morgan fingerprint density at radius 3 is 2.10 bits per heavy atom. The van der Waals surface area contributed by atoms with Crippen molar-refractivity contribution in [1.82, 2.24) is 4.90 Å². The van der Waals surface area contributed by atoms with Crippen LogP contribution in [0.2, 0.25) is 0 Å². The van der Waals surface area contributed by atoms with Gasteiger partial charge in [-0.25, -0.2) is 8.78 Å². The van der Waals surface area contributed by atoms with Gasteiger partial charge in [-0.3, -0.25) is 19.3 Å². The highest BCUT2D eigenvalue weighted by Gasteiger charge is 2.42. The number of benzene rings is 3. The number of amides is 3. The summed E-state index contributed by atoms with van der Waals surface area (Å²) in [5.74, 6) is -3.56. The molecule has 1 heterocycles. The summed E-state index contributed by atoms with van der Waals surface area (Å²) in [6, 6.07) is 16.5.